The Balaban J connectivity index is 1.75. The van der Waals surface area contributed by atoms with Crippen LogP contribution in [0.3, 0.4) is 0 Å². The number of hydrogen-bond donors (Lipinski definition) is 1. The summed E-state index contributed by atoms with van der Waals surface area (Å²) in [5, 5.41) is 6.50. The van der Waals surface area contributed by atoms with Gasteiger partial charge in [-0.3, -0.25) is 4.74 Å². The lowest BCUT2D eigenvalue weighted by atomic mass is 9.86. The fourth-order valence-corrected chi connectivity index (χ4v) is 8.63. The molecular formula is C35H35F6N2P. The molecule has 0 unspecified atom stereocenters. The predicted molar refractivity (Wildman–Crippen MR) is 168 cm³/mol. The van der Waals surface area contributed by atoms with Crippen molar-refractivity contribution in [3.63, 3.8) is 0 Å². The van der Waals surface area contributed by atoms with Crippen molar-refractivity contribution >= 4 is 23.0 Å². The number of rotatable bonds is 9. The van der Waals surface area contributed by atoms with Gasteiger partial charge in [-0.05, 0) is 29.2 Å². The average Bonchev–Trinajstić information content (AvgIpc) is 2.97. The van der Waals surface area contributed by atoms with Gasteiger partial charge in [0.2, 0.25) is 0 Å². The van der Waals surface area contributed by atoms with Crippen LogP contribution in [0.25, 0.3) is 0 Å². The van der Waals surface area contributed by atoms with Crippen LogP contribution in [0.4, 0.5) is 26.3 Å². The highest BCUT2D eigenvalue weighted by Crippen LogP contribution is 2.47. The molecule has 0 aliphatic heterocycles. The summed E-state index contributed by atoms with van der Waals surface area (Å²) in [6, 6.07) is 31.5. The van der Waals surface area contributed by atoms with E-state index in [0.29, 0.717) is 12.2 Å². The number of hydrogen-bond acceptors (Lipinski definition) is 2. The third kappa shape index (κ3) is 7.84. The monoisotopic (exact) mass is 628 g/mol. The Labute approximate surface area is 254 Å². The molecule has 4 rings (SSSR count). The topological polar surface area (TPSA) is 24.4 Å². The molecule has 4 aromatic rings. The lowest BCUT2D eigenvalue weighted by Crippen LogP contribution is -2.42. The fourth-order valence-electron chi connectivity index (χ4n) is 5.03. The zero-order valence-corrected chi connectivity index (χ0v) is 25.6. The summed E-state index contributed by atoms with van der Waals surface area (Å²) in [5.41, 5.74) is -2.91. The summed E-state index contributed by atoms with van der Waals surface area (Å²) in [6.45, 7) is 10.3. The predicted octanol–water partition coefficient (Wildman–Crippen LogP) is 8.96. The van der Waals surface area contributed by atoms with E-state index >= 15 is 0 Å². The van der Waals surface area contributed by atoms with Gasteiger partial charge in [-0.25, -0.2) is 0 Å². The number of nitrogens with one attached hydrogen (secondary N) is 1. The van der Waals surface area contributed by atoms with Gasteiger partial charge >= 0.3 is 12.4 Å². The second-order valence-electron chi connectivity index (χ2n) is 11.7. The molecule has 44 heavy (non-hydrogen) atoms. The number of alkyl halides is 6. The molecule has 0 spiro atoms. The van der Waals surface area contributed by atoms with Gasteiger partial charge in [-0.1, -0.05) is 118 Å². The molecule has 9 heteroatoms. The van der Waals surface area contributed by atoms with Crippen molar-refractivity contribution in [2.24, 2.45) is 10.2 Å². The molecular weight excluding hydrogens is 593 g/mol. The van der Waals surface area contributed by atoms with Crippen molar-refractivity contribution in [1.82, 2.24) is 5.32 Å². The van der Waals surface area contributed by atoms with E-state index in [0.717, 1.165) is 28.0 Å². The normalized spacial score (nSPS) is 13.3. The standard InChI is InChI=1S/C35H35F6N2P/c1-25(20-26-21-27(34(36,37)38)23-28(22-26)35(39,40)41)43-32(33(2,3)4)24-42-44(29-14-8-5-9-15-29,30-16-10-6-11-17-30)31-18-12-7-13-19-31/h5-19,21-23,32,43H,1,20,24H2,2-4H3/t32-/m0/s1. The number of allylic oxidation sites excluding steroid dienone is 1. The summed E-state index contributed by atoms with van der Waals surface area (Å²) in [4.78, 5) is 0. The Morgan fingerprint density at radius 3 is 1.41 bits per heavy atom. The van der Waals surface area contributed by atoms with Crippen molar-refractivity contribution in [3.8, 4) is 0 Å². The second kappa shape index (κ2) is 13.1. The van der Waals surface area contributed by atoms with E-state index < -0.39 is 35.9 Å². The van der Waals surface area contributed by atoms with Crippen molar-refractivity contribution in [2.45, 2.75) is 45.6 Å². The molecule has 0 aliphatic carbocycles. The quantitative estimate of drug-likeness (QED) is 0.145. The molecule has 0 heterocycles. The zero-order chi connectivity index (χ0) is 32.2. The first-order valence-electron chi connectivity index (χ1n) is 14.1. The minimum atomic E-state index is -4.92. The van der Waals surface area contributed by atoms with E-state index in [2.05, 4.69) is 48.3 Å². The molecule has 0 bridgehead atoms. The van der Waals surface area contributed by atoms with Crippen LogP contribution in [0.1, 0.15) is 37.5 Å². The SMILES string of the molecule is C=C(Cc1cc(C(F)(F)F)cc(C(F)(F)F)c1)N[C@@H](CN=P(c1ccccc1)(c1ccccc1)c1ccccc1)C(C)(C)C. The number of nitrogens with zero attached hydrogens (tertiary/aromatic N) is 1. The molecule has 0 amide bonds. The largest absolute Gasteiger partial charge is 0.416 e. The van der Waals surface area contributed by atoms with E-state index in [-0.39, 0.29) is 24.1 Å². The van der Waals surface area contributed by atoms with Gasteiger partial charge in [0, 0.05) is 28.0 Å². The smallest absolute Gasteiger partial charge is 0.383 e. The molecule has 0 fully saturated rings. The third-order valence-electron chi connectivity index (χ3n) is 7.35. The van der Waals surface area contributed by atoms with E-state index in [4.69, 9.17) is 4.74 Å². The molecule has 232 valence electrons. The minimum absolute atomic E-state index is 0.131. The van der Waals surface area contributed by atoms with Gasteiger partial charge in [-0.15, -0.1) is 0 Å². The summed E-state index contributed by atoms with van der Waals surface area (Å²) in [5.74, 6) is 0. The Hall–Kier alpha value is -3.77. The highest BCUT2D eigenvalue weighted by Gasteiger charge is 2.37. The lowest BCUT2D eigenvalue weighted by molar-refractivity contribution is -0.143. The first kappa shape index (κ1) is 33.1. The maximum atomic E-state index is 13.5. The third-order valence-corrected chi connectivity index (χ3v) is 11.1. The molecule has 0 saturated heterocycles. The summed E-state index contributed by atoms with van der Waals surface area (Å²) >= 11 is 0. The Morgan fingerprint density at radius 2 is 1.07 bits per heavy atom. The van der Waals surface area contributed by atoms with Crippen molar-refractivity contribution in [2.75, 3.05) is 6.54 Å². The molecule has 0 aliphatic rings. The van der Waals surface area contributed by atoms with Gasteiger partial charge < -0.3 is 5.32 Å². The molecule has 1 atom stereocenters. The lowest BCUT2D eigenvalue weighted by Gasteiger charge is -2.34. The highest BCUT2D eigenvalue weighted by molar-refractivity contribution is 7.87. The molecule has 4 aromatic carbocycles. The Morgan fingerprint density at radius 1 is 0.682 bits per heavy atom. The molecule has 2 nitrogen and oxygen atoms in total. The van der Waals surface area contributed by atoms with Crippen LogP contribution in [0.5, 0.6) is 0 Å². The van der Waals surface area contributed by atoms with Crippen LogP contribution in [0.15, 0.2) is 126 Å². The molecule has 1 N–H and O–H groups in total. The number of halogens is 6. The van der Waals surface area contributed by atoms with Crippen molar-refractivity contribution in [3.05, 3.63) is 138 Å². The van der Waals surface area contributed by atoms with E-state index in [1.807, 2.05) is 75.4 Å². The second-order valence-corrected chi connectivity index (χ2v) is 14.8. The van der Waals surface area contributed by atoms with Crippen LogP contribution < -0.4 is 21.2 Å². The maximum Gasteiger partial charge on any atom is 0.416 e. The van der Waals surface area contributed by atoms with Crippen molar-refractivity contribution < 1.29 is 26.3 Å². The van der Waals surface area contributed by atoms with E-state index in [1.54, 1.807) is 0 Å². The van der Waals surface area contributed by atoms with E-state index in [1.165, 1.54) is 0 Å². The Kier molecular flexibility index (Phi) is 9.84. The van der Waals surface area contributed by atoms with Gasteiger partial charge in [0.1, 0.15) is 0 Å². The fraction of sp³-hybridized carbons (Fsp3) is 0.257. The zero-order valence-electron chi connectivity index (χ0n) is 24.8. The van der Waals surface area contributed by atoms with Crippen molar-refractivity contribution in [1.29, 1.82) is 0 Å². The first-order valence-corrected chi connectivity index (χ1v) is 15.8. The van der Waals surface area contributed by atoms with E-state index in [9.17, 15) is 26.3 Å². The summed E-state index contributed by atoms with van der Waals surface area (Å²) < 4.78 is 86.2. The highest BCUT2D eigenvalue weighted by atomic mass is 31.2. The van der Waals surface area contributed by atoms with Crippen LogP contribution >= 0.6 is 7.05 Å². The summed E-state index contributed by atoms with van der Waals surface area (Å²) in [6.07, 6.45) is -10.1. The van der Waals surface area contributed by atoms with Gasteiger partial charge in [0.05, 0.1) is 30.8 Å². The number of benzene rings is 4. The minimum Gasteiger partial charge on any atom is -0.383 e. The van der Waals surface area contributed by atoms with Gasteiger partial charge in [-0.2, -0.15) is 26.3 Å². The van der Waals surface area contributed by atoms with Gasteiger partial charge in [0.25, 0.3) is 0 Å². The maximum absolute atomic E-state index is 13.5. The Bertz CT molecular complexity index is 1470. The molecule has 0 radical (unpaired) electrons. The van der Waals surface area contributed by atoms with Crippen LogP contribution in [0, 0.1) is 5.41 Å². The first-order chi connectivity index (χ1) is 20.6. The molecule has 0 saturated carbocycles. The van der Waals surface area contributed by atoms with Gasteiger partial charge in [0.15, 0.2) is 0 Å². The average molecular weight is 629 g/mol. The summed E-state index contributed by atoms with van der Waals surface area (Å²) in [7, 11) is -2.53. The van der Waals surface area contributed by atoms with Crippen LogP contribution in [-0.2, 0) is 18.8 Å². The van der Waals surface area contributed by atoms with Crippen LogP contribution in [-0.4, -0.2) is 12.6 Å². The van der Waals surface area contributed by atoms with Crippen LogP contribution in [0.2, 0.25) is 0 Å². The molecule has 0 aromatic heterocycles.